The van der Waals surface area contributed by atoms with Gasteiger partial charge >= 0.3 is 12.4 Å². The lowest BCUT2D eigenvalue weighted by molar-refractivity contribution is -0.142. The Morgan fingerprint density at radius 1 is 0.879 bits per heavy atom. The second-order valence-corrected chi connectivity index (χ2v) is 7.38. The number of pyridine rings is 1. The van der Waals surface area contributed by atoms with E-state index in [1.54, 1.807) is 30.6 Å². The topological polar surface area (TPSA) is 39.2 Å². The van der Waals surface area contributed by atoms with Crippen LogP contribution >= 0.6 is 0 Å². The monoisotopic (exact) mass is 467 g/mol. The zero-order chi connectivity index (χ0) is 24.1. The number of aromatic nitrogens is 1. The van der Waals surface area contributed by atoms with Gasteiger partial charge in [0.25, 0.3) is 0 Å². The van der Waals surface area contributed by atoms with Crippen molar-refractivity contribution in [1.82, 2.24) is 4.98 Å². The molecule has 0 saturated heterocycles. The Hall–Kier alpha value is -3.36. The summed E-state index contributed by atoms with van der Waals surface area (Å²) in [6.45, 7) is -0.692. The van der Waals surface area contributed by atoms with Crippen LogP contribution in [-0.4, -0.2) is 10.8 Å². The van der Waals surface area contributed by atoms with Crippen LogP contribution in [0, 0.1) is 0 Å². The predicted molar refractivity (Wildman–Crippen MR) is 108 cm³/mol. The second-order valence-electron chi connectivity index (χ2n) is 7.38. The summed E-state index contributed by atoms with van der Waals surface area (Å²) in [5.41, 5.74) is -1.36. The first-order valence-corrected chi connectivity index (χ1v) is 9.92. The Bertz CT molecular complexity index is 1080. The van der Waals surface area contributed by atoms with Crippen LogP contribution in [0.2, 0.25) is 0 Å². The van der Waals surface area contributed by atoms with Gasteiger partial charge < -0.3 is 4.74 Å². The zero-order valence-electron chi connectivity index (χ0n) is 17.2. The van der Waals surface area contributed by atoms with Crippen molar-refractivity contribution in [2.24, 2.45) is 0 Å². The summed E-state index contributed by atoms with van der Waals surface area (Å²) < 4.78 is 83.5. The van der Waals surface area contributed by atoms with Crippen molar-refractivity contribution >= 4 is 5.78 Å². The van der Waals surface area contributed by atoms with Gasteiger partial charge in [-0.05, 0) is 53.9 Å². The normalized spacial score (nSPS) is 11.9. The Morgan fingerprint density at radius 3 is 2.21 bits per heavy atom. The lowest BCUT2D eigenvalue weighted by Crippen LogP contribution is -2.14. The number of ether oxygens (including phenoxy) is 1. The van der Waals surface area contributed by atoms with Crippen molar-refractivity contribution < 1.29 is 35.9 Å². The minimum absolute atomic E-state index is 0.00584. The number of carbonyl (C=O) groups excluding carboxylic acids is 1. The Balaban J connectivity index is 1.61. The number of nitrogens with zero attached hydrogens (tertiary/aromatic N) is 1. The highest BCUT2D eigenvalue weighted by Crippen LogP contribution is 2.37. The summed E-state index contributed by atoms with van der Waals surface area (Å²) in [5, 5.41) is 0. The molecule has 0 atom stereocenters. The maximum absolute atomic E-state index is 13.2. The molecule has 2 aromatic carbocycles. The summed E-state index contributed by atoms with van der Waals surface area (Å²) in [4.78, 5) is 16.2. The fourth-order valence-corrected chi connectivity index (χ4v) is 3.18. The number of hydrogen-bond acceptors (Lipinski definition) is 3. The third-order valence-electron chi connectivity index (χ3n) is 4.87. The maximum Gasteiger partial charge on any atom is 0.416 e. The molecule has 0 bridgehead atoms. The molecular formula is C24H19F6NO2. The molecule has 9 heteroatoms. The van der Waals surface area contributed by atoms with E-state index in [1.165, 1.54) is 12.1 Å². The molecule has 0 fully saturated rings. The first kappa shape index (κ1) is 24.3. The van der Waals surface area contributed by atoms with E-state index < -0.39 is 35.6 Å². The molecule has 0 spiro atoms. The highest BCUT2D eigenvalue weighted by Gasteiger charge is 2.37. The van der Waals surface area contributed by atoms with E-state index in [2.05, 4.69) is 4.98 Å². The van der Waals surface area contributed by atoms with E-state index in [1.807, 2.05) is 6.07 Å². The number of Topliss-reactive ketones (excluding diaryl/α,β-unsaturated/α-hetero) is 1. The van der Waals surface area contributed by atoms with Gasteiger partial charge in [0, 0.05) is 30.8 Å². The molecule has 1 heterocycles. The minimum Gasteiger partial charge on any atom is -0.489 e. The summed E-state index contributed by atoms with van der Waals surface area (Å²) in [6.07, 6.45) is -5.19. The van der Waals surface area contributed by atoms with Gasteiger partial charge in [0.2, 0.25) is 0 Å². The Kier molecular flexibility index (Phi) is 7.40. The summed E-state index contributed by atoms with van der Waals surface area (Å²) >= 11 is 0. The van der Waals surface area contributed by atoms with Gasteiger partial charge in [0.15, 0.2) is 0 Å². The van der Waals surface area contributed by atoms with E-state index in [-0.39, 0.29) is 18.0 Å². The molecule has 3 nitrogen and oxygen atoms in total. The van der Waals surface area contributed by atoms with Crippen LogP contribution in [0.5, 0.6) is 5.75 Å². The van der Waals surface area contributed by atoms with Crippen LogP contribution in [0.1, 0.15) is 34.2 Å². The molecule has 0 aliphatic carbocycles. The molecule has 3 aromatic rings. The predicted octanol–water partition coefficient (Wildman–Crippen LogP) is 6.44. The van der Waals surface area contributed by atoms with E-state index in [0.29, 0.717) is 36.6 Å². The standard InChI is InChI=1S/C24H19F6NO2/c25-23(26,27)19-6-10-22(24(28,29)30)18(13-19)15-33-21-8-4-16(5-9-21)12-20(32)7-3-17-2-1-11-31-14-17/h1-2,4-6,8-11,13-14H,3,7,12,15H2. The van der Waals surface area contributed by atoms with Crippen LogP contribution in [0.25, 0.3) is 0 Å². The number of aryl methyl sites for hydroxylation is 1. The van der Waals surface area contributed by atoms with Crippen LogP contribution in [0.4, 0.5) is 26.3 Å². The number of benzene rings is 2. The summed E-state index contributed by atoms with van der Waals surface area (Å²) in [6, 6.07) is 11.0. The van der Waals surface area contributed by atoms with Crippen molar-refractivity contribution in [3.63, 3.8) is 0 Å². The molecule has 0 amide bonds. The summed E-state index contributed by atoms with van der Waals surface area (Å²) in [7, 11) is 0. The fraction of sp³-hybridized carbons (Fsp3) is 0.250. The van der Waals surface area contributed by atoms with Crippen LogP contribution in [0.15, 0.2) is 67.0 Å². The van der Waals surface area contributed by atoms with Crippen LogP contribution in [-0.2, 0) is 36.6 Å². The molecule has 3 rings (SSSR count). The second kappa shape index (κ2) is 10.1. The van der Waals surface area contributed by atoms with E-state index in [4.69, 9.17) is 4.74 Å². The van der Waals surface area contributed by atoms with Crippen molar-refractivity contribution in [2.45, 2.75) is 38.2 Å². The largest absolute Gasteiger partial charge is 0.489 e. The number of alkyl halides is 6. The number of halogens is 6. The maximum atomic E-state index is 13.2. The van der Waals surface area contributed by atoms with Gasteiger partial charge in [0.1, 0.15) is 18.1 Å². The third kappa shape index (κ3) is 7.06. The molecule has 1 aromatic heterocycles. The Morgan fingerprint density at radius 2 is 1.61 bits per heavy atom. The number of ketones is 1. The van der Waals surface area contributed by atoms with Crippen LogP contribution < -0.4 is 4.74 Å². The number of rotatable bonds is 8. The molecule has 0 radical (unpaired) electrons. The molecule has 0 unspecified atom stereocenters. The highest BCUT2D eigenvalue weighted by molar-refractivity contribution is 5.81. The lowest BCUT2D eigenvalue weighted by atomic mass is 10.0. The molecule has 33 heavy (non-hydrogen) atoms. The van der Waals surface area contributed by atoms with Crippen molar-refractivity contribution in [3.8, 4) is 5.75 Å². The van der Waals surface area contributed by atoms with Gasteiger partial charge in [-0.1, -0.05) is 18.2 Å². The molecule has 0 N–H and O–H groups in total. The average molecular weight is 467 g/mol. The third-order valence-corrected chi connectivity index (χ3v) is 4.87. The first-order valence-electron chi connectivity index (χ1n) is 9.92. The van der Waals surface area contributed by atoms with Gasteiger partial charge in [-0.3, -0.25) is 9.78 Å². The Labute approximate surface area is 186 Å². The smallest absolute Gasteiger partial charge is 0.416 e. The minimum atomic E-state index is -4.82. The quantitative estimate of drug-likeness (QED) is 0.358. The van der Waals surface area contributed by atoms with E-state index in [0.717, 1.165) is 5.56 Å². The van der Waals surface area contributed by atoms with E-state index >= 15 is 0 Å². The number of hydrogen-bond donors (Lipinski definition) is 0. The van der Waals surface area contributed by atoms with Crippen molar-refractivity contribution in [3.05, 3.63) is 94.8 Å². The van der Waals surface area contributed by atoms with Gasteiger partial charge in [-0.15, -0.1) is 0 Å². The van der Waals surface area contributed by atoms with Gasteiger partial charge in [-0.2, -0.15) is 26.3 Å². The highest BCUT2D eigenvalue weighted by atomic mass is 19.4. The molecule has 0 saturated carbocycles. The molecule has 174 valence electrons. The SMILES string of the molecule is O=C(CCc1cccnc1)Cc1ccc(OCc2cc(C(F)(F)F)ccc2C(F)(F)F)cc1. The molecule has 0 aliphatic heterocycles. The number of carbonyl (C=O) groups is 1. The van der Waals surface area contributed by atoms with Crippen molar-refractivity contribution in [1.29, 1.82) is 0 Å². The van der Waals surface area contributed by atoms with Gasteiger partial charge in [0.05, 0.1) is 11.1 Å². The lowest BCUT2D eigenvalue weighted by Gasteiger charge is -2.16. The van der Waals surface area contributed by atoms with Crippen LogP contribution in [0.3, 0.4) is 0 Å². The van der Waals surface area contributed by atoms with Gasteiger partial charge in [-0.25, -0.2) is 0 Å². The summed E-state index contributed by atoms with van der Waals surface area (Å²) in [5.74, 6) is 0.179. The van der Waals surface area contributed by atoms with Crippen molar-refractivity contribution in [2.75, 3.05) is 0 Å². The molecular weight excluding hydrogens is 448 g/mol. The average Bonchev–Trinajstić information content (AvgIpc) is 2.76. The first-order chi connectivity index (χ1) is 15.5. The molecule has 0 aliphatic rings. The fourth-order valence-electron chi connectivity index (χ4n) is 3.18. The zero-order valence-corrected chi connectivity index (χ0v) is 17.2. The van der Waals surface area contributed by atoms with E-state index in [9.17, 15) is 31.1 Å².